The van der Waals surface area contributed by atoms with Crippen LogP contribution >= 0.6 is 0 Å². The molecule has 0 aliphatic heterocycles. The topological polar surface area (TPSA) is 92.1 Å². The van der Waals surface area contributed by atoms with Gasteiger partial charge in [-0.15, -0.1) is 0 Å². The van der Waals surface area contributed by atoms with Crippen molar-refractivity contribution < 1.29 is 9.90 Å². The van der Waals surface area contributed by atoms with Gasteiger partial charge in [-0.05, 0) is 25.0 Å². The van der Waals surface area contributed by atoms with E-state index >= 15 is 0 Å². The van der Waals surface area contributed by atoms with Crippen LogP contribution in [0.2, 0.25) is 0 Å². The second kappa shape index (κ2) is 6.78. The molecule has 23 heavy (non-hydrogen) atoms. The third-order valence-electron chi connectivity index (χ3n) is 4.11. The minimum absolute atomic E-state index is 0.271. The van der Waals surface area contributed by atoms with E-state index in [1.807, 2.05) is 18.2 Å². The van der Waals surface area contributed by atoms with E-state index in [1.54, 1.807) is 23.1 Å². The predicted octanol–water partition coefficient (Wildman–Crippen LogP) is 1.75. The smallest absolute Gasteiger partial charge is 0.320 e. The predicted molar refractivity (Wildman–Crippen MR) is 86.0 cm³/mol. The Hall–Kier alpha value is -2.41. The highest BCUT2D eigenvalue weighted by Gasteiger charge is 2.31. The number of rotatable bonds is 5. The summed E-state index contributed by atoms with van der Waals surface area (Å²) in [5.41, 5.74) is 0.103. The van der Waals surface area contributed by atoms with Gasteiger partial charge < -0.3 is 10.4 Å². The van der Waals surface area contributed by atoms with Crippen molar-refractivity contribution in [3.05, 3.63) is 42.4 Å². The lowest BCUT2D eigenvalue weighted by atomic mass is 10.0. The van der Waals surface area contributed by atoms with E-state index in [2.05, 4.69) is 20.7 Å². The summed E-state index contributed by atoms with van der Waals surface area (Å²) in [4.78, 5) is 16.3. The lowest BCUT2D eigenvalue weighted by molar-refractivity contribution is 0.0506. The fourth-order valence-corrected chi connectivity index (χ4v) is 2.83. The molecule has 0 saturated heterocycles. The van der Waals surface area contributed by atoms with Crippen molar-refractivity contribution in [2.45, 2.75) is 37.8 Å². The summed E-state index contributed by atoms with van der Waals surface area (Å²) < 4.78 is 1.67. The number of aliphatic hydroxyl groups is 1. The fourth-order valence-electron chi connectivity index (χ4n) is 2.83. The maximum atomic E-state index is 12.0. The van der Waals surface area contributed by atoms with Crippen LogP contribution in [0.3, 0.4) is 0 Å². The summed E-state index contributed by atoms with van der Waals surface area (Å²) in [6.45, 7) is 0.751. The van der Waals surface area contributed by atoms with Gasteiger partial charge in [-0.25, -0.2) is 9.48 Å². The number of carbonyl (C=O) groups excluding carboxylic acids is 1. The molecular formula is C16H21N5O2. The number of anilines is 1. The van der Waals surface area contributed by atoms with Crippen LogP contribution < -0.4 is 10.6 Å². The highest BCUT2D eigenvalue weighted by Crippen LogP contribution is 2.28. The van der Waals surface area contributed by atoms with Crippen molar-refractivity contribution in [3.63, 3.8) is 0 Å². The summed E-state index contributed by atoms with van der Waals surface area (Å²) in [5.74, 6) is 0.589. The highest BCUT2D eigenvalue weighted by atomic mass is 16.3. The monoisotopic (exact) mass is 315 g/mol. The Morgan fingerprint density at radius 1 is 1.26 bits per heavy atom. The minimum atomic E-state index is -0.758. The first kappa shape index (κ1) is 15.5. The number of hydrogen-bond donors (Lipinski definition) is 3. The summed E-state index contributed by atoms with van der Waals surface area (Å²) in [5, 5.41) is 19.9. The van der Waals surface area contributed by atoms with Gasteiger partial charge in [0, 0.05) is 18.8 Å². The van der Waals surface area contributed by atoms with Crippen LogP contribution in [0, 0.1) is 0 Å². The SMILES string of the molecule is O=C(NCC1(O)CCCC1)Nc1ccnn1Cc1ccccn1. The Bertz CT molecular complexity index is 650. The van der Waals surface area contributed by atoms with Crippen LogP contribution in [0.4, 0.5) is 10.6 Å². The van der Waals surface area contributed by atoms with Gasteiger partial charge in [-0.1, -0.05) is 18.9 Å². The van der Waals surface area contributed by atoms with Crippen molar-refractivity contribution in [2.75, 3.05) is 11.9 Å². The fraction of sp³-hybridized carbons (Fsp3) is 0.438. The van der Waals surface area contributed by atoms with Crippen LogP contribution in [0.1, 0.15) is 31.4 Å². The zero-order valence-corrected chi connectivity index (χ0v) is 12.9. The molecule has 0 spiro atoms. The van der Waals surface area contributed by atoms with Gasteiger partial charge in [-0.2, -0.15) is 5.10 Å². The molecule has 7 heteroatoms. The third kappa shape index (κ3) is 4.07. The molecule has 7 nitrogen and oxygen atoms in total. The summed E-state index contributed by atoms with van der Waals surface area (Å²) >= 11 is 0. The number of urea groups is 1. The first-order chi connectivity index (χ1) is 11.1. The van der Waals surface area contributed by atoms with Gasteiger partial charge in [0.2, 0.25) is 0 Å². The zero-order valence-electron chi connectivity index (χ0n) is 12.9. The van der Waals surface area contributed by atoms with Gasteiger partial charge in [0.05, 0.1) is 24.0 Å². The van der Waals surface area contributed by atoms with Gasteiger partial charge in [-0.3, -0.25) is 10.3 Å². The Labute approximate surface area is 134 Å². The van der Waals surface area contributed by atoms with Crippen LogP contribution in [-0.4, -0.2) is 38.0 Å². The number of hydrogen-bond acceptors (Lipinski definition) is 4. The van der Waals surface area contributed by atoms with Crippen molar-refractivity contribution in [3.8, 4) is 0 Å². The second-order valence-corrected chi connectivity index (χ2v) is 5.93. The van der Waals surface area contributed by atoms with Crippen LogP contribution in [-0.2, 0) is 6.54 Å². The Morgan fingerprint density at radius 2 is 2.09 bits per heavy atom. The molecule has 0 unspecified atom stereocenters. The highest BCUT2D eigenvalue weighted by molar-refractivity contribution is 5.88. The molecule has 0 radical (unpaired) electrons. The standard InChI is InChI=1S/C16H21N5O2/c22-15(18-12-16(23)7-2-3-8-16)20-14-6-10-19-21(14)11-13-5-1-4-9-17-13/h1,4-6,9-10,23H,2-3,7-8,11-12H2,(H2,18,20,22). The van der Waals surface area contributed by atoms with Crippen molar-refractivity contribution in [1.82, 2.24) is 20.1 Å². The number of pyridine rings is 1. The van der Waals surface area contributed by atoms with Crippen LogP contribution in [0.5, 0.6) is 0 Å². The first-order valence-corrected chi connectivity index (χ1v) is 7.84. The van der Waals surface area contributed by atoms with Gasteiger partial charge >= 0.3 is 6.03 Å². The molecule has 2 heterocycles. The average Bonchev–Trinajstić information content (AvgIpc) is 3.17. The number of aromatic nitrogens is 3. The van der Waals surface area contributed by atoms with Crippen molar-refractivity contribution in [1.29, 1.82) is 0 Å². The van der Waals surface area contributed by atoms with Crippen molar-refractivity contribution >= 4 is 11.8 Å². The lowest BCUT2D eigenvalue weighted by Crippen LogP contribution is -2.42. The third-order valence-corrected chi connectivity index (χ3v) is 4.11. The maximum Gasteiger partial charge on any atom is 0.320 e. The number of amides is 2. The molecule has 1 aliphatic rings. The van der Waals surface area contributed by atoms with E-state index in [1.165, 1.54) is 0 Å². The second-order valence-electron chi connectivity index (χ2n) is 5.93. The van der Waals surface area contributed by atoms with Gasteiger partial charge in [0.1, 0.15) is 5.82 Å². The molecule has 1 fully saturated rings. The summed E-state index contributed by atoms with van der Waals surface area (Å²) in [6, 6.07) is 7.06. The van der Waals surface area contributed by atoms with Crippen molar-refractivity contribution in [2.24, 2.45) is 0 Å². The van der Waals surface area contributed by atoms with Gasteiger partial charge in [0.25, 0.3) is 0 Å². The zero-order chi connectivity index (χ0) is 16.1. The Kier molecular flexibility index (Phi) is 4.57. The molecule has 0 bridgehead atoms. The first-order valence-electron chi connectivity index (χ1n) is 7.84. The largest absolute Gasteiger partial charge is 0.388 e. The molecular weight excluding hydrogens is 294 g/mol. The van der Waals surface area contributed by atoms with E-state index < -0.39 is 5.60 Å². The molecule has 1 aliphatic carbocycles. The average molecular weight is 315 g/mol. The van der Waals surface area contributed by atoms with Crippen LogP contribution in [0.15, 0.2) is 36.7 Å². The van der Waals surface area contributed by atoms with E-state index in [0.717, 1.165) is 31.4 Å². The number of carbonyl (C=O) groups is 1. The molecule has 3 rings (SSSR count). The number of nitrogens with one attached hydrogen (secondary N) is 2. The maximum absolute atomic E-state index is 12.0. The van der Waals surface area contributed by atoms with Gasteiger partial charge in [0.15, 0.2) is 0 Å². The molecule has 122 valence electrons. The molecule has 2 amide bonds. The molecule has 0 aromatic carbocycles. The van der Waals surface area contributed by atoms with E-state index in [4.69, 9.17) is 0 Å². The quantitative estimate of drug-likeness (QED) is 0.784. The molecule has 0 atom stereocenters. The molecule has 1 saturated carbocycles. The summed E-state index contributed by atoms with van der Waals surface area (Å²) in [6.07, 6.45) is 6.85. The molecule has 2 aromatic heterocycles. The van der Waals surface area contributed by atoms with E-state index in [-0.39, 0.29) is 12.6 Å². The van der Waals surface area contributed by atoms with Crippen LogP contribution in [0.25, 0.3) is 0 Å². The Morgan fingerprint density at radius 3 is 2.83 bits per heavy atom. The Balaban J connectivity index is 1.56. The molecule has 3 N–H and O–H groups in total. The lowest BCUT2D eigenvalue weighted by Gasteiger charge is -2.22. The van der Waals surface area contributed by atoms with E-state index in [0.29, 0.717) is 12.4 Å². The van der Waals surface area contributed by atoms with E-state index in [9.17, 15) is 9.90 Å². The minimum Gasteiger partial charge on any atom is -0.388 e. The molecule has 2 aromatic rings. The normalized spacial score (nSPS) is 16.2. The number of nitrogens with zero attached hydrogens (tertiary/aromatic N) is 3. The summed E-state index contributed by atoms with van der Waals surface area (Å²) in [7, 11) is 0.